The van der Waals surface area contributed by atoms with Crippen LogP contribution in [0.15, 0.2) is 29.2 Å². The number of amides is 1. The van der Waals surface area contributed by atoms with Gasteiger partial charge in [-0.15, -0.1) is 0 Å². The number of ether oxygens (including phenoxy) is 1. The highest BCUT2D eigenvalue weighted by Gasteiger charge is 2.18. The molecule has 0 spiro atoms. The minimum atomic E-state index is -3.79. The first-order valence-electron chi connectivity index (χ1n) is 9.20. The highest BCUT2D eigenvalue weighted by Crippen LogP contribution is 2.15. The number of nitrogens with one attached hydrogen (secondary N) is 2. The number of carbonyl (C=O) groups is 1. The lowest BCUT2D eigenvalue weighted by molar-refractivity contribution is 0.0567. The third-order valence-electron chi connectivity index (χ3n) is 4.08. The molecule has 0 radical (unpaired) electrons. The molecule has 10 heteroatoms. The van der Waals surface area contributed by atoms with Gasteiger partial charge in [0.1, 0.15) is 5.60 Å². The van der Waals surface area contributed by atoms with Crippen molar-refractivity contribution >= 4 is 21.8 Å². The lowest BCUT2D eigenvalue weighted by Gasteiger charge is -2.32. The molecule has 2 N–H and O–H groups in total. The molecule has 1 saturated heterocycles. The molecule has 158 valence electrons. The van der Waals surface area contributed by atoms with E-state index >= 15 is 0 Å². The van der Waals surface area contributed by atoms with Crippen LogP contribution >= 0.6 is 0 Å². The molecule has 1 heterocycles. The van der Waals surface area contributed by atoms with Crippen LogP contribution in [0.25, 0.3) is 0 Å². The van der Waals surface area contributed by atoms with Gasteiger partial charge in [0.25, 0.3) is 10.0 Å². The largest absolute Gasteiger partial charge is 0.444 e. The molecule has 0 aromatic heterocycles. The Hall–Kier alpha value is -1.72. The Labute approximate surface area is 167 Å². The van der Waals surface area contributed by atoms with Gasteiger partial charge in [0.15, 0.2) is 0 Å². The molecule has 1 aromatic carbocycles. The molecule has 1 aliphatic heterocycles. The lowest BCUT2D eigenvalue weighted by Crippen LogP contribution is -2.45. The van der Waals surface area contributed by atoms with E-state index in [-0.39, 0.29) is 11.5 Å². The second-order valence-corrected chi connectivity index (χ2v) is 9.38. The highest BCUT2D eigenvalue weighted by molar-refractivity contribution is 7.89. The number of nitrogens with zero attached hydrogens (tertiary/aromatic N) is 2. The highest BCUT2D eigenvalue weighted by atomic mass is 32.2. The first-order valence-corrected chi connectivity index (χ1v) is 10.7. The number of sulfonamides is 1. The van der Waals surface area contributed by atoms with Crippen molar-refractivity contribution in [2.45, 2.75) is 31.3 Å². The Morgan fingerprint density at radius 2 is 1.71 bits per heavy atom. The maximum atomic E-state index is 12.3. The van der Waals surface area contributed by atoms with E-state index in [1.54, 1.807) is 20.8 Å². The van der Waals surface area contributed by atoms with Crippen LogP contribution in [0.4, 0.5) is 10.5 Å². The van der Waals surface area contributed by atoms with Crippen LogP contribution in [0, 0.1) is 0 Å². The van der Waals surface area contributed by atoms with Gasteiger partial charge in [-0.25, -0.2) is 13.2 Å². The SMILES string of the molecule is CN1CCN(CCONS(=O)(=O)c2ccc(NC(=O)OC(C)(C)C)cc2)CC1. The van der Waals surface area contributed by atoms with Crippen LogP contribution in [0.2, 0.25) is 0 Å². The van der Waals surface area contributed by atoms with Gasteiger partial charge in [-0.2, -0.15) is 0 Å². The maximum Gasteiger partial charge on any atom is 0.412 e. The van der Waals surface area contributed by atoms with Gasteiger partial charge in [0, 0.05) is 38.4 Å². The summed E-state index contributed by atoms with van der Waals surface area (Å²) in [5.74, 6) is 0. The zero-order chi connectivity index (χ0) is 20.8. The third-order valence-corrected chi connectivity index (χ3v) is 5.31. The normalized spacial score (nSPS) is 16.7. The van der Waals surface area contributed by atoms with Gasteiger partial charge in [0.2, 0.25) is 0 Å². The van der Waals surface area contributed by atoms with Crippen molar-refractivity contribution in [3.05, 3.63) is 24.3 Å². The molecule has 0 aliphatic carbocycles. The average molecular weight is 415 g/mol. The van der Waals surface area contributed by atoms with Crippen molar-refractivity contribution < 1.29 is 22.8 Å². The van der Waals surface area contributed by atoms with Crippen molar-refractivity contribution in [1.82, 2.24) is 14.7 Å². The Morgan fingerprint density at radius 3 is 2.29 bits per heavy atom. The predicted octanol–water partition coefficient (Wildman–Crippen LogP) is 1.49. The fourth-order valence-corrected chi connectivity index (χ4v) is 3.38. The summed E-state index contributed by atoms with van der Waals surface area (Å²) in [5.41, 5.74) is -0.178. The second kappa shape index (κ2) is 9.66. The summed E-state index contributed by atoms with van der Waals surface area (Å²) >= 11 is 0. The molecule has 0 unspecified atom stereocenters. The monoisotopic (exact) mass is 414 g/mol. The minimum absolute atomic E-state index is 0.0434. The van der Waals surface area contributed by atoms with Crippen LogP contribution in [0.3, 0.4) is 0 Å². The molecular weight excluding hydrogens is 384 g/mol. The van der Waals surface area contributed by atoms with E-state index in [1.807, 2.05) is 0 Å². The summed E-state index contributed by atoms with van der Waals surface area (Å²) < 4.78 is 29.7. The first-order chi connectivity index (χ1) is 13.0. The van der Waals surface area contributed by atoms with Crippen molar-refractivity contribution in [2.75, 3.05) is 51.7 Å². The molecule has 0 bridgehead atoms. The predicted molar refractivity (Wildman–Crippen MR) is 107 cm³/mol. The van der Waals surface area contributed by atoms with Gasteiger partial charge in [-0.1, -0.05) is 4.89 Å². The summed E-state index contributed by atoms with van der Waals surface area (Å²) in [7, 11) is -1.71. The maximum absolute atomic E-state index is 12.3. The first kappa shape index (κ1) is 22.6. The Bertz CT molecular complexity index is 738. The van der Waals surface area contributed by atoms with Crippen molar-refractivity contribution in [3.8, 4) is 0 Å². The van der Waals surface area contributed by atoms with E-state index in [2.05, 4.69) is 27.0 Å². The van der Waals surface area contributed by atoms with Crippen LogP contribution < -0.4 is 10.2 Å². The van der Waals surface area contributed by atoms with E-state index < -0.39 is 21.7 Å². The number of hydrogen-bond acceptors (Lipinski definition) is 7. The van der Waals surface area contributed by atoms with Crippen LogP contribution in [-0.4, -0.2) is 76.3 Å². The Kier molecular flexibility index (Phi) is 7.79. The fraction of sp³-hybridized carbons (Fsp3) is 0.611. The molecular formula is C18H30N4O5S. The Balaban J connectivity index is 1.78. The van der Waals surface area contributed by atoms with E-state index in [4.69, 9.17) is 9.57 Å². The molecule has 1 fully saturated rings. The number of hydrogen-bond donors (Lipinski definition) is 2. The van der Waals surface area contributed by atoms with Crippen LogP contribution in [0.1, 0.15) is 20.8 Å². The minimum Gasteiger partial charge on any atom is -0.444 e. The van der Waals surface area contributed by atoms with E-state index in [9.17, 15) is 13.2 Å². The zero-order valence-electron chi connectivity index (χ0n) is 16.9. The van der Waals surface area contributed by atoms with Gasteiger partial charge in [0.05, 0.1) is 11.5 Å². The van der Waals surface area contributed by atoms with Gasteiger partial charge in [-0.05, 0) is 52.1 Å². The van der Waals surface area contributed by atoms with Crippen LogP contribution in [-0.2, 0) is 19.6 Å². The van der Waals surface area contributed by atoms with E-state index in [1.165, 1.54) is 24.3 Å². The smallest absolute Gasteiger partial charge is 0.412 e. The van der Waals surface area contributed by atoms with Crippen molar-refractivity contribution in [3.63, 3.8) is 0 Å². The number of benzene rings is 1. The Morgan fingerprint density at radius 1 is 1.11 bits per heavy atom. The summed E-state index contributed by atoms with van der Waals surface area (Å²) in [4.78, 5) is 23.6. The molecule has 9 nitrogen and oxygen atoms in total. The van der Waals surface area contributed by atoms with Gasteiger partial charge in [-0.3, -0.25) is 15.1 Å². The van der Waals surface area contributed by atoms with Gasteiger partial charge >= 0.3 is 6.09 Å². The summed E-state index contributed by atoms with van der Waals surface area (Å²) in [5, 5.41) is 2.55. The quantitative estimate of drug-likeness (QED) is 0.515. The number of anilines is 1. The fourth-order valence-electron chi connectivity index (χ4n) is 2.55. The molecule has 1 aromatic rings. The second-order valence-electron chi connectivity index (χ2n) is 7.73. The number of likely N-dealkylation sites (N-methyl/N-ethyl adjacent to an activating group) is 1. The molecule has 1 amide bonds. The molecule has 0 atom stereocenters. The number of rotatable bonds is 7. The topological polar surface area (TPSA) is 100 Å². The molecule has 1 aliphatic rings. The van der Waals surface area contributed by atoms with E-state index in [0.717, 1.165) is 26.2 Å². The number of piperazine rings is 1. The lowest BCUT2D eigenvalue weighted by atomic mass is 10.2. The van der Waals surface area contributed by atoms with Gasteiger partial charge < -0.3 is 9.64 Å². The molecule has 28 heavy (non-hydrogen) atoms. The zero-order valence-corrected chi connectivity index (χ0v) is 17.7. The molecule has 2 rings (SSSR count). The van der Waals surface area contributed by atoms with Crippen LogP contribution in [0.5, 0.6) is 0 Å². The number of carbonyl (C=O) groups excluding carboxylic acids is 1. The van der Waals surface area contributed by atoms with Crippen molar-refractivity contribution in [1.29, 1.82) is 0 Å². The van der Waals surface area contributed by atoms with E-state index in [0.29, 0.717) is 12.2 Å². The summed E-state index contributed by atoms with van der Waals surface area (Å²) in [6, 6.07) is 5.75. The standard InChI is InChI=1S/C18H30N4O5S/c1-18(2,3)27-17(23)19-15-5-7-16(8-6-15)28(24,25)20-26-14-13-22-11-9-21(4)10-12-22/h5-8,20H,9-14H2,1-4H3,(H,19,23). The van der Waals surface area contributed by atoms with Crippen molar-refractivity contribution in [2.24, 2.45) is 0 Å². The third kappa shape index (κ3) is 7.72. The summed E-state index contributed by atoms with van der Waals surface area (Å²) in [6.07, 6.45) is -0.603. The summed E-state index contributed by atoms with van der Waals surface area (Å²) in [6.45, 7) is 10.1. The molecule has 0 saturated carbocycles. The average Bonchev–Trinajstić information content (AvgIpc) is 2.59.